The van der Waals surface area contributed by atoms with Crippen molar-refractivity contribution in [3.05, 3.63) is 82.8 Å². The fourth-order valence-electron chi connectivity index (χ4n) is 3.56. The van der Waals surface area contributed by atoms with E-state index in [0.717, 1.165) is 16.8 Å². The van der Waals surface area contributed by atoms with Crippen LogP contribution in [0.2, 0.25) is 0 Å². The van der Waals surface area contributed by atoms with Crippen LogP contribution in [0.3, 0.4) is 0 Å². The first-order valence-corrected chi connectivity index (χ1v) is 10.9. The SMILES string of the molecule is Cc1cccc(C=NCc2nc(N3CCOCC3)c(F)c(OCCc3ccccn3)c2F)c1. The number of nitrogens with zero attached hydrogens (tertiary/aromatic N) is 4. The van der Waals surface area contributed by atoms with Crippen molar-refractivity contribution in [3.63, 3.8) is 0 Å². The molecular weight excluding hydrogens is 426 g/mol. The van der Waals surface area contributed by atoms with Crippen LogP contribution < -0.4 is 9.64 Å². The normalized spacial score (nSPS) is 14.1. The summed E-state index contributed by atoms with van der Waals surface area (Å²) >= 11 is 0. The number of hydrogen-bond donors (Lipinski definition) is 0. The van der Waals surface area contributed by atoms with Crippen LogP contribution in [0.25, 0.3) is 0 Å². The Kier molecular flexibility index (Phi) is 7.57. The molecule has 0 amide bonds. The summed E-state index contributed by atoms with van der Waals surface area (Å²) in [4.78, 5) is 14.6. The molecule has 0 spiro atoms. The monoisotopic (exact) mass is 452 g/mol. The van der Waals surface area contributed by atoms with E-state index in [0.29, 0.717) is 32.7 Å². The van der Waals surface area contributed by atoms with Gasteiger partial charge in [0, 0.05) is 37.6 Å². The second-order valence-corrected chi connectivity index (χ2v) is 7.74. The van der Waals surface area contributed by atoms with Crippen molar-refractivity contribution >= 4 is 12.0 Å². The standard InChI is InChI=1S/C25H26F2N4O2/c1-18-5-4-6-19(15-18)16-28-17-21-22(26)24(33-12-8-20-7-2-3-9-29-20)23(27)25(30-21)31-10-13-32-14-11-31/h2-7,9,15-16H,8,10-14,17H2,1H3. The zero-order valence-corrected chi connectivity index (χ0v) is 18.5. The highest BCUT2D eigenvalue weighted by atomic mass is 19.1. The molecule has 0 N–H and O–H groups in total. The second-order valence-electron chi connectivity index (χ2n) is 7.74. The van der Waals surface area contributed by atoms with Gasteiger partial charge in [-0.05, 0) is 24.6 Å². The number of pyridine rings is 2. The first-order valence-electron chi connectivity index (χ1n) is 10.9. The number of morpholine rings is 1. The van der Waals surface area contributed by atoms with E-state index in [1.165, 1.54) is 0 Å². The van der Waals surface area contributed by atoms with Gasteiger partial charge in [0.25, 0.3) is 0 Å². The number of aromatic nitrogens is 2. The van der Waals surface area contributed by atoms with Crippen LogP contribution in [0, 0.1) is 18.6 Å². The lowest BCUT2D eigenvalue weighted by Gasteiger charge is -2.29. The van der Waals surface area contributed by atoms with Crippen LogP contribution in [0.4, 0.5) is 14.6 Å². The molecule has 0 atom stereocenters. The zero-order chi connectivity index (χ0) is 23.0. The third-order valence-corrected chi connectivity index (χ3v) is 5.25. The molecule has 1 saturated heterocycles. The molecule has 1 aliphatic rings. The molecule has 0 saturated carbocycles. The summed E-state index contributed by atoms with van der Waals surface area (Å²) in [6.07, 6.45) is 3.76. The zero-order valence-electron chi connectivity index (χ0n) is 18.5. The van der Waals surface area contributed by atoms with Crippen LogP contribution in [-0.4, -0.2) is 49.1 Å². The highest BCUT2D eigenvalue weighted by molar-refractivity contribution is 5.79. The molecule has 0 aliphatic carbocycles. The molecule has 3 heterocycles. The van der Waals surface area contributed by atoms with Crippen molar-refractivity contribution in [2.75, 3.05) is 37.8 Å². The van der Waals surface area contributed by atoms with E-state index in [1.54, 1.807) is 17.3 Å². The number of hydrogen-bond acceptors (Lipinski definition) is 6. The van der Waals surface area contributed by atoms with Crippen molar-refractivity contribution < 1.29 is 18.3 Å². The number of benzene rings is 1. The highest BCUT2D eigenvalue weighted by Crippen LogP contribution is 2.31. The van der Waals surface area contributed by atoms with Crippen molar-refractivity contribution in [3.8, 4) is 5.75 Å². The second kappa shape index (κ2) is 11.0. The highest BCUT2D eigenvalue weighted by Gasteiger charge is 2.26. The Morgan fingerprint density at radius 3 is 2.73 bits per heavy atom. The van der Waals surface area contributed by atoms with Crippen LogP contribution in [-0.2, 0) is 17.7 Å². The number of ether oxygens (including phenoxy) is 2. The van der Waals surface area contributed by atoms with E-state index in [2.05, 4.69) is 15.0 Å². The van der Waals surface area contributed by atoms with Gasteiger partial charge in [-0.2, -0.15) is 4.39 Å². The molecule has 0 radical (unpaired) electrons. The fraction of sp³-hybridized carbons (Fsp3) is 0.320. The Morgan fingerprint density at radius 1 is 1.12 bits per heavy atom. The summed E-state index contributed by atoms with van der Waals surface area (Å²) in [7, 11) is 0. The molecule has 33 heavy (non-hydrogen) atoms. The molecule has 2 aromatic heterocycles. The topological polar surface area (TPSA) is 59.8 Å². The molecule has 1 fully saturated rings. The van der Waals surface area contributed by atoms with Crippen LogP contribution >= 0.6 is 0 Å². The number of aryl methyl sites for hydroxylation is 1. The van der Waals surface area contributed by atoms with E-state index in [4.69, 9.17) is 9.47 Å². The molecule has 4 rings (SSSR count). The number of halogens is 2. The Labute approximate surface area is 191 Å². The maximum absolute atomic E-state index is 15.3. The van der Waals surface area contributed by atoms with Gasteiger partial charge in [0.1, 0.15) is 5.69 Å². The van der Waals surface area contributed by atoms with Crippen molar-refractivity contribution in [2.45, 2.75) is 19.9 Å². The first kappa shape index (κ1) is 22.8. The molecule has 172 valence electrons. The number of rotatable bonds is 8. The molecule has 8 heteroatoms. The largest absolute Gasteiger partial charge is 0.487 e. The van der Waals surface area contributed by atoms with Gasteiger partial charge in [0.2, 0.25) is 5.82 Å². The summed E-state index contributed by atoms with van der Waals surface area (Å²) in [6, 6.07) is 13.3. The summed E-state index contributed by atoms with van der Waals surface area (Å²) in [5.41, 5.74) is 2.82. The molecular formula is C25H26F2N4O2. The molecule has 1 aliphatic heterocycles. The van der Waals surface area contributed by atoms with Crippen LogP contribution in [0.15, 0.2) is 53.7 Å². The Bertz CT molecular complexity index is 1100. The molecule has 0 unspecified atom stereocenters. The van der Waals surface area contributed by atoms with Gasteiger partial charge < -0.3 is 14.4 Å². The Balaban J connectivity index is 1.58. The van der Waals surface area contributed by atoms with Gasteiger partial charge >= 0.3 is 0 Å². The maximum Gasteiger partial charge on any atom is 0.210 e. The quantitative estimate of drug-likeness (QED) is 0.481. The van der Waals surface area contributed by atoms with Gasteiger partial charge in [-0.1, -0.05) is 35.9 Å². The van der Waals surface area contributed by atoms with Gasteiger partial charge in [0.15, 0.2) is 17.4 Å². The average molecular weight is 453 g/mol. The molecule has 6 nitrogen and oxygen atoms in total. The smallest absolute Gasteiger partial charge is 0.210 e. The van der Waals surface area contributed by atoms with Crippen molar-refractivity contribution in [1.82, 2.24) is 9.97 Å². The molecule has 0 bridgehead atoms. The van der Waals surface area contributed by atoms with E-state index in [1.807, 2.05) is 49.4 Å². The Hall–Kier alpha value is -3.39. The number of aliphatic imine (C=N–C) groups is 1. The van der Waals surface area contributed by atoms with Gasteiger partial charge in [0.05, 0.1) is 26.4 Å². The summed E-state index contributed by atoms with van der Waals surface area (Å²) in [5.74, 6) is -2.00. The maximum atomic E-state index is 15.3. The van der Waals surface area contributed by atoms with Crippen molar-refractivity contribution in [2.24, 2.45) is 4.99 Å². The van der Waals surface area contributed by atoms with E-state index in [9.17, 15) is 0 Å². The lowest BCUT2D eigenvalue weighted by Crippen LogP contribution is -2.37. The summed E-state index contributed by atoms with van der Waals surface area (Å²) < 4.78 is 41.5. The van der Waals surface area contributed by atoms with Gasteiger partial charge in [-0.15, -0.1) is 0 Å². The minimum Gasteiger partial charge on any atom is -0.487 e. The van der Waals surface area contributed by atoms with Crippen LogP contribution in [0.1, 0.15) is 22.5 Å². The van der Waals surface area contributed by atoms with E-state index in [-0.39, 0.29) is 24.7 Å². The molecule has 3 aromatic rings. The minimum atomic E-state index is -0.827. The Morgan fingerprint density at radius 2 is 1.97 bits per heavy atom. The van der Waals surface area contributed by atoms with E-state index < -0.39 is 17.4 Å². The third kappa shape index (κ3) is 5.90. The number of anilines is 1. The first-order chi connectivity index (χ1) is 16.1. The lowest BCUT2D eigenvalue weighted by atomic mass is 10.1. The molecule has 1 aromatic carbocycles. The lowest BCUT2D eigenvalue weighted by molar-refractivity contribution is 0.122. The van der Waals surface area contributed by atoms with Gasteiger partial charge in [-0.3, -0.25) is 9.98 Å². The summed E-state index contributed by atoms with van der Waals surface area (Å²) in [5, 5.41) is 0. The predicted octanol–water partition coefficient (Wildman–Crippen LogP) is 4.14. The fourth-order valence-corrected chi connectivity index (χ4v) is 3.56. The van der Waals surface area contributed by atoms with Crippen molar-refractivity contribution in [1.29, 1.82) is 0 Å². The minimum absolute atomic E-state index is 0.0337. The van der Waals surface area contributed by atoms with Gasteiger partial charge in [-0.25, -0.2) is 9.37 Å². The van der Waals surface area contributed by atoms with E-state index >= 15 is 8.78 Å². The third-order valence-electron chi connectivity index (χ3n) is 5.25. The average Bonchev–Trinajstić information content (AvgIpc) is 2.84. The summed E-state index contributed by atoms with van der Waals surface area (Å²) in [6.45, 7) is 3.88. The predicted molar refractivity (Wildman–Crippen MR) is 123 cm³/mol. The van der Waals surface area contributed by atoms with Crippen LogP contribution in [0.5, 0.6) is 5.75 Å².